The molecule has 0 bridgehead atoms. The minimum Gasteiger partial charge on any atom is -0.466 e. The molecule has 0 aliphatic heterocycles. The van der Waals surface area contributed by atoms with E-state index in [1.165, 1.54) is 6.26 Å². The van der Waals surface area contributed by atoms with Crippen LogP contribution in [-0.4, -0.2) is 24.2 Å². The van der Waals surface area contributed by atoms with Crippen LogP contribution < -0.4 is 10.6 Å². The molecule has 0 fully saturated rings. The summed E-state index contributed by atoms with van der Waals surface area (Å²) < 4.78 is 5.26. The van der Waals surface area contributed by atoms with Gasteiger partial charge in [0.05, 0.1) is 31.0 Å². The summed E-state index contributed by atoms with van der Waals surface area (Å²) in [6, 6.07) is 12.9. The standard InChI is InChI=1S/C18H22N4O2/c1-3-20-17(21-12-15-7-4-6-14(10-15)11-19)22-13-18(2,23)16-8-5-9-24-16/h4-10,23H,3,12-13H2,1-2H3,(H2,20,21,22). The Kier molecular flexibility index (Phi) is 5.99. The second kappa shape index (κ2) is 8.18. The largest absolute Gasteiger partial charge is 0.466 e. The van der Waals surface area contributed by atoms with Gasteiger partial charge in [0.15, 0.2) is 5.96 Å². The van der Waals surface area contributed by atoms with E-state index in [2.05, 4.69) is 21.7 Å². The Balaban J connectivity index is 2.01. The molecule has 0 spiro atoms. The van der Waals surface area contributed by atoms with Gasteiger partial charge in [-0.2, -0.15) is 5.26 Å². The first-order valence-corrected chi connectivity index (χ1v) is 7.82. The zero-order valence-corrected chi connectivity index (χ0v) is 13.9. The maximum Gasteiger partial charge on any atom is 0.191 e. The highest BCUT2D eigenvalue weighted by Gasteiger charge is 2.26. The Hall–Kier alpha value is -2.78. The molecular formula is C18H22N4O2. The molecule has 1 heterocycles. The number of aliphatic hydroxyl groups is 1. The normalized spacial score (nSPS) is 13.8. The average Bonchev–Trinajstić information content (AvgIpc) is 3.13. The lowest BCUT2D eigenvalue weighted by Gasteiger charge is -2.22. The smallest absolute Gasteiger partial charge is 0.191 e. The van der Waals surface area contributed by atoms with Crippen molar-refractivity contribution in [2.75, 3.05) is 13.1 Å². The van der Waals surface area contributed by atoms with E-state index in [4.69, 9.17) is 9.68 Å². The molecule has 0 radical (unpaired) electrons. The number of nitrogens with zero attached hydrogens (tertiary/aromatic N) is 2. The molecule has 0 saturated carbocycles. The highest BCUT2D eigenvalue weighted by molar-refractivity contribution is 5.79. The summed E-state index contributed by atoms with van der Waals surface area (Å²) in [5, 5.41) is 25.7. The number of furan rings is 1. The van der Waals surface area contributed by atoms with Gasteiger partial charge in [-0.15, -0.1) is 0 Å². The fourth-order valence-electron chi connectivity index (χ4n) is 2.18. The maximum absolute atomic E-state index is 10.5. The van der Waals surface area contributed by atoms with E-state index in [0.717, 1.165) is 5.56 Å². The van der Waals surface area contributed by atoms with Crippen LogP contribution in [0.3, 0.4) is 0 Å². The van der Waals surface area contributed by atoms with E-state index >= 15 is 0 Å². The Bertz CT molecular complexity index is 715. The molecule has 24 heavy (non-hydrogen) atoms. The van der Waals surface area contributed by atoms with Crippen molar-refractivity contribution in [3.63, 3.8) is 0 Å². The van der Waals surface area contributed by atoms with Crippen LogP contribution in [-0.2, 0) is 12.1 Å². The Morgan fingerprint density at radius 2 is 2.17 bits per heavy atom. The fourth-order valence-corrected chi connectivity index (χ4v) is 2.18. The van der Waals surface area contributed by atoms with Crippen LogP contribution in [0.2, 0.25) is 0 Å². The maximum atomic E-state index is 10.5. The van der Waals surface area contributed by atoms with Crippen molar-refractivity contribution in [1.29, 1.82) is 5.26 Å². The molecule has 0 saturated heterocycles. The van der Waals surface area contributed by atoms with Crippen LogP contribution in [0.5, 0.6) is 0 Å². The zero-order chi connectivity index (χ0) is 17.4. The number of nitrogens with one attached hydrogen (secondary N) is 2. The predicted octanol–water partition coefficient (Wildman–Crippen LogP) is 2.11. The molecule has 0 amide bonds. The van der Waals surface area contributed by atoms with Gasteiger partial charge in [-0.25, -0.2) is 4.99 Å². The zero-order valence-electron chi connectivity index (χ0n) is 13.9. The monoisotopic (exact) mass is 326 g/mol. The van der Waals surface area contributed by atoms with Gasteiger partial charge in [-0.3, -0.25) is 0 Å². The van der Waals surface area contributed by atoms with Crippen molar-refractivity contribution in [2.45, 2.75) is 26.0 Å². The highest BCUT2D eigenvalue weighted by Crippen LogP contribution is 2.19. The Morgan fingerprint density at radius 3 is 2.83 bits per heavy atom. The van der Waals surface area contributed by atoms with Crippen LogP contribution in [0.15, 0.2) is 52.1 Å². The van der Waals surface area contributed by atoms with Crippen LogP contribution >= 0.6 is 0 Å². The van der Waals surface area contributed by atoms with Gasteiger partial charge in [0.25, 0.3) is 0 Å². The molecule has 0 aliphatic carbocycles. The minimum absolute atomic E-state index is 0.255. The summed E-state index contributed by atoms with van der Waals surface area (Å²) in [7, 11) is 0. The second-order valence-corrected chi connectivity index (χ2v) is 5.61. The van der Waals surface area contributed by atoms with Crippen molar-refractivity contribution < 1.29 is 9.52 Å². The molecule has 1 aromatic heterocycles. The molecule has 6 heteroatoms. The van der Waals surface area contributed by atoms with Crippen molar-refractivity contribution in [3.8, 4) is 6.07 Å². The quantitative estimate of drug-likeness (QED) is 0.558. The molecular weight excluding hydrogens is 304 g/mol. The van der Waals surface area contributed by atoms with E-state index in [1.54, 1.807) is 25.1 Å². The lowest BCUT2D eigenvalue weighted by atomic mass is 10.0. The molecule has 6 nitrogen and oxygen atoms in total. The van der Waals surface area contributed by atoms with E-state index in [-0.39, 0.29) is 6.54 Å². The Morgan fingerprint density at radius 1 is 1.33 bits per heavy atom. The molecule has 2 aromatic rings. The van der Waals surface area contributed by atoms with Gasteiger partial charge in [0, 0.05) is 6.54 Å². The molecule has 3 N–H and O–H groups in total. The minimum atomic E-state index is -1.14. The van der Waals surface area contributed by atoms with Gasteiger partial charge in [-0.1, -0.05) is 12.1 Å². The number of hydrogen-bond acceptors (Lipinski definition) is 4. The van der Waals surface area contributed by atoms with Crippen molar-refractivity contribution in [3.05, 3.63) is 59.5 Å². The molecule has 2 rings (SSSR count). The van der Waals surface area contributed by atoms with Crippen molar-refractivity contribution in [1.82, 2.24) is 10.6 Å². The number of aliphatic imine (C=N–C) groups is 1. The summed E-state index contributed by atoms with van der Waals surface area (Å²) in [5.74, 6) is 1.08. The molecule has 0 aliphatic rings. The number of rotatable bonds is 6. The van der Waals surface area contributed by atoms with E-state index in [0.29, 0.717) is 30.4 Å². The average molecular weight is 326 g/mol. The van der Waals surface area contributed by atoms with Crippen LogP contribution in [0.25, 0.3) is 0 Å². The van der Waals surface area contributed by atoms with E-state index in [9.17, 15) is 5.11 Å². The van der Waals surface area contributed by atoms with Crippen molar-refractivity contribution in [2.24, 2.45) is 4.99 Å². The first-order valence-electron chi connectivity index (χ1n) is 7.82. The third kappa shape index (κ3) is 4.86. The van der Waals surface area contributed by atoms with E-state index < -0.39 is 5.60 Å². The molecule has 1 atom stereocenters. The Labute approximate surface area is 141 Å². The van der Waals surface area contributed by atoms with Crippen molar-refractivity contribution >= 4 is 5.96 Å². The summed E-state index contributed by atoms with van der Waals surface area (Å²) in [6.07, 6.45) is 1.53. The van der Waals surface area contributed by atoms with Crippen LogP contribution in [0.1, 0.15) is 30.7 Å². The van der Waals surface area contributed by atoms with Gasteiger partial charge in [0.1, 0.15) is 11.4 Å². The first-order chi connectivity index (χ1) is 11.5. The second-order valence-electron chi connectivity index (χ2n) is 5.61. The lowest BCUT2D eigenvalue weighted by Crippen LogP contribution is -2.44. The number of hydrogen-bond donors (Lipinski definition) is 3. The van der Waals surface area contributed by atoms with Crippen LogP contribution in [0.4, 0.5) is 0 Å². The molecule has 126 valence electrons. The topological polar surface area (TPSA) is 93.6 Å². The van der Waals surface area contributed by atoms with Gasteiger partial charge in [0.2, 0.25) is 0 Å². The number of nitriles is 1. The lowest BCUT2D eigenvalue weighted by molar-refractivity contribution is 0.0386. The predicted molar refractivity (Wildman–Crippen MR) is 92.3 cm³/mol. The summed E-state index contributed by atoms with van der Waals surface area (Å²) in [6.45, 7) is 5.04. The third-order valence-corrected chi connectivity index (χ3v) is 3.47. The van der Waals surface area contributed by atoms with Gasteiger partial charge in [-0.05, 0) is 43.7 Å². The van der Waals surface area contributed by atoms with E-state index in [1.807, 2.05) is 25.1 Å². The third-order valence-electron chi connectivity index (χ3n) is 3.47. The fraction of sp³-hybridized carbons (Fsp3) is 0.333. The molecule has 1 unspecified atom stereocenters. The SMILES string of the molecule is CCNC(=NCc1cccc(C#N)c1)NCC(C)(O)c1ccco1. The molecule has 1 aromatic carbocycles. The first kappa shape index (κ1) is 17.6. The summed E-state index contributed by atoms with van der Waals surface area (Å²) in [5.41, 5.74) is 0.422. The van der Waals surface area contributed by atoms with Crippen LogP contribution in [0, 0.1) is 11.3 Å². The number of guanidine groups is 1. The van der Waals surface area contributed by atoms with Gasteiger partial charge >= 0.3 is 0 Å². The highest BCUT2D eigenvalue weighted by atomic mass is 16.4. The number of benzene rings is 1. The summed E-state index contributed by atoms with van der Waals surface area (Å²) >= 11 is 0. The van der Waals surface area contributed by atoms with Gasteiger partial charge < -0.3 is 20.2 Å². The summed E-state index contributed by atoms with van der Waals surface area (Å²) in [4.78, 5) is 4.49.